The standard InChI is InChI=1S/C16H14N2S/c1-10-6-7-14-13(8-10)12-5-3-4-11(2)15(12)16-17-19-9-18(14)16/h3-8H,9H2,1-2H3. The van der Waals surface area contributed by atoms with Crippen molar-refractivity contribution in [2.75, 3.05) is 10.8 Å². The van der Waals surface area contributed by atoms with Crippen molar-refractivity contribution in [3.8, 4) is 11.1 Å². The molecule has 0 bridgehead atoms. The van der Waals surface area contributed by atoms with Crippen LogP contribution in [0.15, 0.2) is 40.8 Å². The molecule has 2 aromatic rings. The van der Waals surface area contributed by atoms with E-state index in [1.807, 2.05) is 0 Å². The predicted octanol–water partition coefficient (Wildman–Crippen LogP) is 4.16. The molecule has 0 radical (unpaired) electrons. The van der Waals surface area contributed by atoms with Gasteiger partial charge >= 0.3 is 0 Å². The van der Waals surface area contributed by atoms with E-state index in [-0.39, 0.29) is 0 Å². The second-order valence-corrected chi connectivity index (χ2v) is 5.82. The lowest BCUT2D eigenvalue weighted by molar-refractivity contribution is 1.21. The van der Waals surface area contributed by atoms with E-state index in [1.165, 1.54) is 33.5 Å². The van der Waals surface area contributed by atoms with Gasteiger partial charge in [-0.05, 0) is 49.1 Å². The molecule has 3 heteroatoms. The molecule has 0 saturated carbocycles. The summed E-state index contributed by atoms with van der Waals surface area (Å²) in [5.74, 6) is 2.04. The first-order valence-electron chi connectivity index (χ1n) is 6.44. The normalized spacial score (nSPS) is 15.7. The minimum atomic E-state index is 0.916. The Morgan fingerprint density at radius 1 is 1.11 bits per heavy atom. The molecule has 0 aliphatic carbocycles. The summed E-state index contributed by atoms with van der Waals surface area (Å²) in [7, 11) is 0. The van der Waals surface area contributed by atoms with Crippen molar-refractivity contribution in [1.29, 1.82) is 0 Å². The molecule has 0 aromatic heterocycles. The smallest absolute Gasteiger partial charge is 0.150 e. The average molecular weight is 266 g/mol. The van der Waals surface area contributed by atoms with Crippen LogP contribution in [0.3, 0.4) is 0 Å². The first kappa shape index (κ1) is 11.1. The number of anilines is 1. The van der Waals surface area contributed by atoms with Gasteiger partial charge in [-0.15, -0.1) is 0 Å². The van der Waals surface area contributed by atoms with Gasteiger partial charge in [0.25, 0.3) is 0 Å². The number of nitrogens with zero attached hydrogens (tertiary/aromatic N) is 2. The highest BCUT2D eigenvalue weighted by Crippen LogP contribution is 2.43. The number of fused-ring (bicyclic) bond motifs is 6. The third-order valence-corrected chi connectivity index (χ3v) is 4.50. The summed E-state index contributed by atoms with van der Waals surface area (Å²) in [4.78, 5) is 2.33. The van der Waals surface area contributed by atoms with E-state index in [2.05, 4.69) is 59.5 Å². The largest absolute Gasteiger partial charge is 0.313 e. The molecule has 0 fully saturated rings. The van der Waals surface area contributed by atoms with Crippen molar-refractivity contribution in [2.45, 2.75) is 13.8 Å². The molecule has 94 valence electrons. The van der Waals surface area contributed by atoms with Gasteiger partial charge in [0, 0.05) is 11.1 Å². The maximum atomic E-state index is 4.64. The Bertz CT molecular complexity index is 719. The molecule has 0 N–H and O–H groups in total. The fraction of sp³-hybridized carbons (Fsp3) is 0.188. The Kier molecular flexibility index (Phi) is 2.27. The Labute approximate surface area is 117 Å². The third-order valence-electron chi connectivity index (χ3n) is 3.82. The number of benzene rings is 2. The quantitative estimate of drug-likeness (QED) is 0.665. The number of hydrogen-bond acceptors (Lipinski definition) is 3. The van der Waals surface area contributed by atoms with Crippen LogP contribution >= 0.6 is 11.9 Å². The summed E-state index contributed by atoms with van der Waals surface area (Å²) >= 11 is 1.63. The Morgan fingerprint density at radius 3 is 2.89 bits per heavy atom. The molecular weight excluding hydrogens is 252 g/mol. The molecule has 0 atom stereocenters. The van der Waals surface area contributed by atoms with Crippen LogP contribution in [0.25, 0.3) is 11.1 Å². The zero-order valence-electron chi connectivity index (χ0n) is 11.0. The highest BCUT2D eigenvalue weighted by Gasteiger charge is 2.31. The van der Waals surface area contributed by atoms with E-state index in [1.54, 1.807) is 11.9 Å². The monoisotopic (exact) mass is 266 g/mol. The second-order valence-electron chi connectivity index (χ2n) is 5.12. The molecule has 19 heavy (non-hydrogen) atoms. The second kappa shape index (κ2) is 3.87. The molecular formula is C16H14N2S. The van der Waals surface area contributed by atoms with Crippen LogP contribution in [0.2, 0.25) is 0 Å². The van der Waals surface area contributed by atoms with E-state index in [0.29, 0.717) is 0 Å². The molecule has 0 spiro atoms. The molecule has 4 rings (SSSR count). The Hall–Kier alpha value is -1.74. The van der Waals surface area contributed by atoms with E-state index in [0.717, 1.165) is 11.7 Å². The van der Waals surface area contributed by atoms with Gasteiger partial charge in [-0.25, -0.2) is 0 Å². The van der Waals surface area contributed by atoms with Crippen molar-refractivity contribution in [1.82, 2.24) is 0 Å². The number of rotatable bonds is 0. The lowest BCUT2D eigenvalue weighted by Crippen LogP contribution is -2.31. The van der Waals surface area contributed by atoms with Crippen molar-refractivity contribution in [3.05, 3.63) is 53.1 Å². The van der Waals surface area contributed by atoms with Gasteiger partial charge in [0.15, 0.2) is 0 Å². The lowest BCUT2D eigenvalue weighted by atomic mass is 9.89. The van der Waals surface area contributed by atoms with Crippen LogP contribution in [0, 0.1) is 13.8 Å². The van der Waals surface area contributed by atoms with Gasteiger partial charge in [0.2, 0.25) is 0 Å². The molecule has 0 amide bonds. The number of amidine groups is 1. The molecule has 2 aliphatic heterocycles. The zero-order valence-corrected chi connectivity index (χ0v) is 11.8. The SMILES string of the molecule is Cc1ccc2c(c1)-c1cccc(C)c1C1=NSCN12. The van der Waals surface area contributed by atoms with Crippen LogP contribution < -0.4 is 4.90 Å². The summed E-state index contributed by atoms with van der Waals surface area (Å²) in [6.07, 6.45) is 0. The molecule has 0 unspecified atom stereocenters. The minimum absolute atomic E-state index is 0.916. The van der Waals surface area contributed by atoms with E-state index < -0.39 is 0 Å². The van der Waals surface area contributed by atoms with E-state index in [4.69, 9.17) is 0 Å². The molecule has 2 heterocycles. The van der Waals surface area contributed by atoms with Gasteiger partial charge in [-0.1, -0.05) is 29.8 Å². The summed E-state index contributed by atoms with van der Waals surface area (Å²) in [6.45, 7) is 4.32. The predicted molar refractivity (Wildman–Crippen MR) is 82.8 cm³/mol. The van der Waals surface area contributed by atoms with Crippen LogP contribution in [-0.2, 0) is 0 Å². The fourth-order valence-corrected chi connectivity index (χ4v) is 3.66. The van der Waals surface area contributed by atoms with Gasteiger partial charge in [-0.2, -0.15) is 4.40 Å². The maximum Gasteiger partial charge on any atom is 0.150 e. The van der Waals surface area contributed by atoms with Crippen LogP contribution in [-0.4, -0.2) is 11.7 Å². The van der Waals surface area contributed by atoms with E-state index in [9.17, 15) is 0 Å². The molecule has 2 aromatic carbocycles. The summed E-state index contributed by atoms with van der Waals surface area (Å²) in [5.41, 5.74) is 7.84. The summed E-state index contributed by atoms with van der Waals surface area (Å²) in [5, 5.41) is 0. The Balaban J connectivity index is 2.11. The highest BCUT2D eigenvalue weighted by molar-refractivity contribution is 7.98. The molecule has 2 aliphatic rings. The average Bonchev–Trinajstić information content (AvgIpc) is 2.88. The highest BCUT2D eigenvalue weighted by atomic mass is 32.2. The first-order valence-corrected chi connectivity index (χ1v) is 7.38. The molecule has 0 saturated heterocycles. The number of aryl methyl sites for hydroxylation is 2. The minimum Gasteiger partial charge on any atom is -0.313 e. The fourth-order valence-electron chi connectivity index (χ4n) is 2.91. The maximum absolute atomic E-state index is 4.64. The lowest BCUT2D eigenvalue weighted by Gasteiger charge is -2.30. The third kappa shape index (κ3) is 1.48. The van der Waals surface area contributed by atoms with Crippen molar-refractivity contribution in [2.24, 2.45) is 4.40 Å². The van der Waals surface area contributed by atoms with Crippen LogP contribution in [0.5, 0.6) is 0 Å². The number of hydrogen-bond donors (Lipinski definition) is 0. The zero-order chi connectivity index (χ0) is 13.0. The first-order chi connectivity index (χ1) is 9.25. The van der Waals surface area contributed by atoms with Gasteiger partial charge < -0.3 is 4.90 Å². The van der Waals surface area contributed by atoms with Gasteiger partial charge in [-0.3, -0.25) is 0 Å². The van der Waals surface area contributed by atoms with E-state index >= 15 is 0 Å². The summed E-state index contributed by atoms with van der Waals surface area (Å²) < 4.78 is 4.64. The van der Waals surface area contributed by atoms with Crippen molar-refractivity contribution in [3.63, 3.8) is 0 Å². The van der Waals surface area contributed by atoms with Gasteiger partial charge in [0.1, 0.15) is 5.84 Å². The van der Waals surface area contributed by atoms with Crippen LogP contribution in [0.1, 0.15) is 16.7 Å². The molecule has 2 nitrogen and oxygen atoms in total. The van der Waals surface area contributed by atoms with Crippen molar-refractivity contribution < 1.29 is 0 Å². The topological polar surface area (TPSA) is 15.6 Å². The summed E-state index contributed by atoms with van der Waals surface area (Å²) in [6, 6.07) is 13.2. The van der Waals surface area contributed by atoms with Crippen molar-refractivity contribution >= 4 is 23.5 Å². The van der Waals surface area contributed by atoms with Gasteiger partial charge in [0.05, 0.1) is 11.6 Å². The van der Waals surface area contributed by atoms with Crippen LogP contribution in [0.4, 0.5) is 5.69 Å². The Morgan fingerprint density at radius 2 is 2.00 bits per heavy atom.